The number of hydrogen-bond donors (Lipinski definition) is 1. The SMILES string of the molecule is NCCCCN(Cc1nccc2c1Cc1ccccc1-2)C1CCOc2cccnc21. The minimum absolute atomic E-state index is 0.245. The summed E-state index contributed by atoms with van der Waals surface area (Å²) in [7, 11) is 0. The van der Waals surface area contributed by atoms with E-state index < -0.39 is 0 Å². The van der Waals surface area contributed by atoms with E-state index >= 15 is 0 Å². The first kappa shape index (κ1) is 19.2. The van der Waals surface area contributed by atoms with Gasteiger partial charge in [0.2, 0.25) is 0 Å². The van der Waals surface area contributed by atoms with E-state index in [1.807, 2.05) is 24.5 Å². The summed E-state index contributed by atoms with van der Waals surface area (Å²) >= 11 is 0. The number of hydrogen-bond acceptors (Lipinski definition) is 5. The van der Waals surface area contributed by atoms with Crippen molar-refractivity contribution in [2.24, 2.45) is 5.73 Å². The molecule has 2 N–H and O–H groups in total. The molecule has 0 bridgehead atoms. The van der Waals surface area contributed by atoms with Crippen LogP contribution in [0.5, 0.6) is 5.75 Å². The Morgan fingerprint density at radius 2 is 1.93 bits per heavy atom. The van der Waals surface area contributed by atoms with Gasteiger partial charge < -0.3 is 10.5 Å². The van der Waals surface area contributed by atoms with E-state index in [2.05, 4.69) is 40.2 Å². The Morgan fingerprint density at radius 1 is 1.00 bits per heavy atom. The number of ether oxygens (including phenoxy) is 1. The fourth-order valence-corrected chi connectivity index (χ4v) is 4.79. The van der Waals surface area contributed by atoms with Gasteiger partial charge in [-0.3, -0.25) is 14.9 Å². The van der Waals surface area contributed by atoms with E-state index in [1.165, 1.54) is 27.9 Å². The molecule has 2 aliphatic rings. The van der Waals surface area contributed by atoms with Crippen LogP contribution in [0, 0.1) is 0 Å². The summed E-state index contributed by atoms with van der Waals surface area (Å²) in [6.45, 7) is 3.26. The lowest BCUT2D eigenvalue weighted by Crippen LogP contribution is -2.34. The number of benzene rings is 1. The molecule has 0 fully saturated rings. The van der Waals surface area contributed by atoms with Crippen LogP contribution in [-0.4, -0.2) is 34.6 Å². The van der Waals surface area contributed by atoms with Crippen molar-refractivity contribution in [2.45, 2.75) is 38.3 Å². The molecule has 2 aromatic heterocycles. The van der Waals surface area contributed by atoms with Gasteiger partial charge in [-0.15, -0.1) is 0 Å². The van der Waals surface area contributed by atoms with Crippen LogP contribution in [0.4, 0.5) is 0 Å². The Bertz CT molecular complexity index is 1040. The lowest BCUT2D eigenvalue weighted by atomic mass is 10.0. The molecule has 3 heterocycles. The van der Waals surface area contributed by atoms with Gasteiger partial charge in [0.15, 0.2) is 0 Å². The number of rotatable bonds is 7. The molecule has 1 aliphatic heterocycles. The number of nitrogens with zero attached hydrogens (tertiary/aromatic N) is 3. The minimum Gasteiger partial charge on any atom is -0.492 e. The first-order chi connectivity index (χ1) is 14.8. The van der Waals surface area contributed by atoms with Crippen molar-refractivity contribution in [3.63, 3.8) is 0 Å². The zero-order valence-corrected chi connectivity index (χ0v) is 17.3. The smallest absolute Gasteiger partial charge is 0.142 e. The van der Waals surface area contributed by atoms with Crippen molar-refractivity contribution in [3.8, 4) is 16.9 Å². The molecule has 0 saturated heterocycles. The molecule has 1 atom stereocenters. The number of pyridine rings is 2. The first-order valence-electron chi connectivity index (χ1n) is 10.9. The zero-order chi connectivity index (χ0) is 20.3. The molecule has 5 rings (SSSR count). The third kappa shape index (κ3) is 3.59. The predicted octanol–water partition coefficient (Wildman–Crippen LogP) is 4.11. The summed E-state index contributed by atoms with van der Waals surface area (Å²) in [5, 5.41) is 0. The van der Waals surface area contributed by atoms with Gasteiger partial charge in [0.25, 0.3) is 0 Å². The summed E-state index contributed by atoms with van der Waals surface area (Å²) in [5.41, 5.74) is 13.5. The number of fused-ring (bicyclic) bond motifs is 4. The Hall–Kier alpha value is -2.76. The standard InChI is InChI=1S/C25H28N4O/c26-11-3-4-14-29(23-10-15-30-24-8-5-12-28-25(23)24)17-22-21-16-18-6-1-2-7-19(18)20(21)9-13-27-22/h1-2,5-9,12-13,23H,3-4,10-11,14-17,26H2. The molecule has 1 unspecified atom stereocenters. The fourth-order valence-electron chi connectivity index (χ4n) is 4.79. The van der Waals surface area contributed by atoms with Gasteiger partial charge in [0.05, 0.1) is 24.0 Å². The number of unbranched alkanes of at least 4 members (excludes halogenated alkanes) is 1. The van der Waals surface area contributed by atoms with Crippen LogP contribution in [0.1, 0.15) is 47.8 Å². The molecule has 5 nitrogen and oxygen atoms in total. The van der Waals surface area contributed by atoms with Crippen LogP contribution in [0.2, 0.25) is 0 Å². The Balaban J connectivity index is 1.46. The zero-order valence-electron chi connectivity index (χ0n) is 17.3. The molecule has 5 heteroatoms. The summed E-state index contributed by atoms with van der Waals surface area (Å²) in [4.78, 5) is 12.1. The highest BCUT2D eigenvalue weighted by Crippen LogP contribution is 2.39. The van der Waals surface area contributed by atoms with Crippen molar-refractivity contribution in [3.05, 3.63) is 77.4 Å². The fraction of sp³-hybridized carbons (Fsp3) is 0.360. The van der Waals surface area contributed by atoms with Gasteiger partial charge in [0, 0.05) is 31.8 Å². The quantitative estimate of drug-likeness (QED) is 0.473. The largest absolute Gasteiger partial charge is 0.492 e. The molecule has 0 radical (unpaired) electrons. The minimum atomic E-state index is 0.245. The highest BCUT2D eigenvalue weighted by atomic mass is 16.5. The molecule has 3 aromatic rings. The lowest BCUT2D eigenvalue weighted by Gasteiger charge is -2.35. The van der Waals surface area contributed by atoms with Crippen molar-refractivity contribution in [1.29, 1.82) is 0 Å². The summed E-state index contributed by atoms with van der Waals surface area (Å²) in [6, 6.07) is 15.1. The molecule has 0 spiro atoms. The van der Waals surface area contributed by atoms with Crippen molar-refractivity contribution >= 4 is 0 Å². The molecular weight excluding hydrogens is 372 g/mol. The van der Waals surface area contributed by atoms with Crippen LogP contribution < -0.4 is 10.5 Å². The normalized spacial score (nSPS) is 16.7. The topological polar surface area (TPSA) is 64.3 Å². The van der Waals surface area contributed by atoms with E-state index in [9.17, 15) is 0 Å². The van der Waals surface area contributed by atoms with E-state index in [1.54, 1.807) is 0 Å². The maximum atomic E-state index is 5.87. The van der Waals surface area contributed by atoms with Crippen molar-refractivity contribution < 1.29 is 4.74 Å². The Labute approximate surface area is 177 Å². The molecule has 154 valence electrons. The van der Waals surface area contributed by atoms with Crippen LogP contribution in [-0.2, 0) is 13.0 Å². The van der Waals surface area contributed by atoms with Gasteiger partial charge in [-0.2, -0.15) is 0 Å². The second-order valence-corrected chi connectivity index (χ2v) is 8.12. The molecule has 30 heavy (non-hydrogen) atoms. The summed E-state index contributed by atoms with van der Waals surface area (Å²) in [5.74, 6) is 0.913. The van der Waals surface area contributed by atoms with E-state index in [0.29, 0.717) is 0 Å². The van der Waals surface area contributed by atoms with Gasteiger partial charge in [0.1, 0.15) is 5.75 Å². The maximum Gasteiger partial charge on any atom is 0.142 e. The molecule has 1 aliphatic carbocycles. The monoisotopic (exact) mass is 400 g/mol. The van der Waals surface area contributed by atoms with Crippen molar-refractivity contribution in [1.82, 2.24) is 14.9 Å². The Morgan fingerprint density at radius 3 is 2.87 bits per heavy atom. The highest BCUT2D eigenvalue weighted by Gasteiger charge is 2.30. The highest BCUT2D eigenvalue weighted by molar-refractivity contribution is 5.77. The van der Waals surface area contributed by atoms with E-state index in [0.717, 1.165) is 63.4 Å². The van der Waals surface area contributed by atoms with Gasteiger partial charge >= 0.3 is 0 Å². The van der Waals surface area contributed by atoms with Crippen LogP contribution >= 0.6 is 0 Å². The van der Waals surface area contributed by atoms with Crippen LogP contribution in [0.3, 0.4) is 0 Å². The van der Waals surface area contributed by atoms with Gasteiger partial charge in [-0.25, -0.2) is 0 Å². The summed E-state index contributed by atoms with van der Waals surface area (Å²) in [6.07, 6.45) is 7.85. The molecule has 0 amide bonds. The number of aromatic nitrogens is 2. The van der Waals surface area contributed by atoms with Gasteiger partial charge in [-0.05, 0) is 66.4 Å². The predicted molar refractivity (Wildman–Crippen MR) is 118 cm³/mol. The second-order valence-electron chi connectivity index (χ2n) is 8.12. The molecule has 1 aromatic carbocycles. The van der Waals surface area contributed by atoms with Crippen LogP contribution in [0.15, 0.2) is 54.9 Å². The summed E-state index contributed by atoms with van der Waals surface area (Å²) < 4.78 is 5.87. The Kier molecular flexibility index (Phi) is 5.47. The lowest BCUT2D eigenvalue weighted by molar-refractivity contribution is 0.125. The van der Waals surface area contributed by atoms with Crippen LogP contribution in [0.25, 0.3) is 11.1 Å². The van der Waals surface area contributed by atoms with E-state index in [4.69, 9.17) is 15.5 Å². The third-order valence-corrected chi connectivity index (χ3v) is 6.28. The average molecular weight is 401 g/mol. The number of nitrogens with two attached hydrogens (primary N) is 1. The molecule has 0 saturated carbocycles. The maximum absolute atomic E-state index is 5.87. The average Bonchev–Trinajstić information content (AvgIpc) is 3.18. The second kappa shape index (κ2) is 8.54. The van der Waals surface area contributed by atoms with E-state index in [-0.39, 0.29) is 6.04 Å². The van der Waals surface area contributed by atoms with Crippen molar-refractivity contribution in [2.75, 3.05) is 19.7 Å². The third-order valence-electron chi connectivity index (χ3n) is 6.28. The molecular formula is C25H28N4O. The first-order valence-corrected chi connectivity index (χ1v) is 10.9. The van der Waals surface area contributed by atoms with Gasteiger partial charge in [-0.1, -0.05) is 24.3 Å².